The van der Waals surface area contributed by atoms with Gasteiger partial charge in [-0.05, 0) is 40.2 Å². The predicted molar refractivity (Wildman–Crippen MR) is 71.0 cm³/mol. The van der Waals surface area contributed by atoms with Crippen molar-refractivity contribution in [3.8, 4) is 0 Å². The molecule has 2 aliphatic rings. The summed E-state index contributed by atoms with van der Waals surface area (Å²) in [4.78, 5) is 27.3. The monoisotopic (exact) mass is 269 g/mol. The molecule has 0 radical (unpaired) electrons. The number of carbonyl (C=O) groups excluding carboxylic acids is 1. The van der Waals surface area contributed by atoms with Gasteiger partial charge in [0.05, 0.1) is 0 Å². The fourth-order valence-corrected chi connectivity index (χ4v) is 2.89. The van der Waals surface area contributed by atoms with Crippen LogP contribution in [0.4, 0.5) is 4.79 Å². The van der Waals surface area contributed by atoms with Gasteiger partial charge in [-0.1, -0.05) is 0 Å². The predicted octanol–water partition coefficient (Wildman–Crippen LogP) is 0.728. The highest BCUT2D eigenvalue weighted by Crippen LogP contribution is 2.28. The molecule has 0 spiro atoms. The topological polar surface area (TPSA) is 72.9 Å². The molecular weight excluding hydrogens is 246 g/mol. The number of carbonyl (C=O) groups is 2. The van der Waals surface area contributed by atoms with Crippen LogP contribution in [0.5, 0.6) is 0 Å². The molecule has 2 atom stereocenters. The van der Waals surface area contributed by atoms with Crippen molar-refractivity contribution >= 4 is 12.0 Å². The maximum absolute atomic E-state index is 12.2. The average molecular weight is 269 g/mol. The van der Waals surface area contributed by atoms with E-state index in [1.165, 1.54) is 20.3 Å². The zero-order valence-electron chi connectivity index (χ0n) is 11.8. The van der Waals surface area contributed by atoms with Crippen molar-refractivity contribution in [3.05, 3.63) is 0 Å². The lowest BCUT2D eigenvalue weighted by molar-refractivity contribution is -0.143. The number of carboxylic acids is 1. The number of aliphatic carboxylic acids is 1. The number of likely N-dealkylation sites (tertiary alicyclic amines) is 1. The van der Waals surface area contributed by atoms with Gasteiger partial charge in [-0.15, -0.1) is 0 Å². The Balaban J connectivity index is 1.99. The molecule has 19 heavy (non-hydrogen) atoms. The molecule has 0 aromatic heterocycles. The number of hydrogen-bond acceptors (Lipinski definition) is 3. The van der Waals surface area contributed by atoms with Gasteiger partial charge >= 0.3 is 12.0 Å². The number of urea groups is 1. The molecule has 2 fully saturated rings. The van der Waals surface area contributed by atoms with Crippen molar-refractivity contribution in [2.75, 3.05) is 20.1 Å². The molecule has 0 aromatic carbocycles. The quantitative estimate of drug-likeness (QED) is 0.775. The molecule has 2 rings (SSSR count). The van der Waals surface area contributed by atoms with Crippen LogP contribution in [-0.2, 0) is 4.79 Å². The molecule has 2 N–H and O–H groups in total. The minimum absolute atomic E-state index is 0.270. The molecule has 2 aliphatic heterocycles. The molecule has 0 aliphatic carbocycles. The maximum atomic E-state index is 12.2. The first-order valence-electron chi connectivity index (χ1n) is 6.83. The lowest BCUT2D eigenvalue weighted by atomic mass is 10.1. The fraction of sp³-hybridized carbons (Fsp3) is 0.846. The Hall–Kier alpha value is -1.30. The highest BCUT2D eigenvalue weighted by molar-refractivity contribution is 5.85. The number of amides is 2. The molecule has 0 saturated carbocycles. The van der Waals surface area contributed by atoms with E-state index in [1.54, 1.807) is 4.90 Å². The average Bonchev–Trinajstić information content (AvgIpc) is 2.51. The van der Waals surface area contributed by atoms with Gasteiger partial charge in [0.2, 0.25) is 0 Å². The second-order valence-corrected chi connectivity index (χ2v) is 6.15. The van der Waals surface area contributed by atoms with E-state index in [0.717, 1.165) is 12.8 Å². The minimum Gasteiger partial charge on any atom is -0.480 e. The number of nitrogens with one attached hydrogen (secondary N) is 1. The number of likely N-dealkylation sites (N-methyl/N-ethyl adjacent to an activating group) is 1. The van der Waals surface area contributed by atoms with Crippen molar-refractivity contribution in [1.29, 1.82) is 0 Å². The first kappa shape index (κ1) is 14.1. The Bertz CT molecular complexity index is 383. The second kappa shape index (κ2) is 5.00. The van der Waals surface area contributed by atoms with Crippen molar-refractivity contribution in [2.45, 2.75) is 50.7 Å². The van der Waals surface area contributed by atoms with E-state index in [0.29, 0.717) is 25.2 Å². The van der Waals surface area contributed by atoms with Crippen molar-refractivity contribution in [1.82, 2.24) is 15.1 Å². The summed E-state index contributed by atoms with van der Waals surface area (Å²) in [5.74, 6) is -1.02. The summed E-state index contributed by atoms with van der Waals surface area (Å²) >= 11 is 0. The van der Waals surface area contributed by atoms with Crippen LogP contribution in [0, 0.1) is 0 Å². The zero-order chi connectivity index (χ0) is 14.2. The Morgan fingerprint density at radius 3 is 2.47 bits per heavy atom. The molecule has 6 nitrogen and oxygen atoms in total. The second-order valence-electron chi connectivity index (χ2n) is 6.15. The Morgan fingerprint density at radius 2 is 1.84 bits per heavy atom. The minimum atomic E-state index is -1.23. The summed E-state index contributed by atoms with van der Waals surface area (Å²) in [6.45, 7) is 4.40. The van der Waals surface area contributed by atoms with Crippen molar-refractivity contribution in [3.63, 3.8) is 0 Å². The lowest BCUT2D eigenvalue weighted by Gasteiger charge is -2.29. The Kier molecular flexibility index (Phi) is 3.71. The molecule has 2 saturated heterocycles. The van der Waals surface area contributed by atoms with E-state index < -0.39 is 11.5 Å². The number of nitrogens with zero attached hydrogens (tertiary/aromatic N) is 2. The van der Waals surface area contributed by atoms with Crippen LogP contribution in [0.3, 0.4) is 0 Å². The largest absolute Gasteiger partial charge is 0.480 e. The number of hydrogen-bond donors (Lipinski definition) is 2. The number of fused-ring (bicyclic) bond motifs is 2. The summed E-state index contributed by atoms with van der Waals surface area (Å²) in [7, 11) is 2.12. The van der Waals surface area contributed by atoms with E-state index >= 15 is 0 Å². The Labute approximate surface area is 113 Å². The number of rotatable bonds is 2. The van der Waals surface area contributed by atoms with Gasteiger partial charge in [-0.3, -0.25) is 4.90 Å². The lowest BCUT2D eigenvalue weighted by Crippen LogP contribution is -2.55. The standard InChI is InChI=1S/C13H23N3O3/c1-13(2,11(17)18)14-12(19)16-7-6-9-4-5-10(8-16)15(9)3/h9-10H,4-8H2,1-3H3,(H,14,19)(H,17,18). The maximum Gasteiger partial charge on any atom is 0.328 e. The van der Waals surface area contributed by atoms with Gasteiger partial charge in [0, 0.05) is 25.2 Å². The van der Waals surface area contributed by atoms with E-state index in [4.69, 9.17) is 5.11 Å². The number of carboxylic acid groups (broad SMARTS) is 1. The smallest absolute Gasteiger partial charge is 0.328 e. The van der Waals surface area contributed by atoms with Crippen LogP contribution in [-0.4, -0.2) is 64.7 Å². The zero-order valence-corrected chi connectivity index (χ0v) is 11.8. The van der Waals surface area contributed by atoms with Crippen LogP contribution in [0.1, 0.15) is 33.1 Å². The van der Waals surface area contributed by atoms with Crippen molar-refractivity contribution < 1.29 is 14.7 Å². The molecule has 2 unspecified atom stereocenters. The molecule has 0 aromatic rings. The van der Waals surface area contributed by atoms with Gasteiger partial charge in [-0.25, -0.2) is 9.59 Å². The SMILES string of the molecule is CN1C2CCC1CN(C(=O)NC(C)(C)C(=O)O)CC2. The van der Waals surface area contributed by atoms with Crippen LogP contribution in [0.2, 0.25) is 0 Å². The van der Waals surface area contributed by atoms with Gasteiger partial charge < -0.3 is 15.3 Å². The normalized spacial score (nSPS) is 28.1. The third kappa shape index (κ3) is 2.83. The molecule has 2 amide bonds. The van der Waals surface area contributed by atoms with Crippen LogP contribution < -0.4 is 5.32 Å². The third-order valence-electron chi connectivity index (χ3n) is 4.39. The van der Waals surface area contributed by atoms with Gasteiger partial charge in [-0.2, -0.15) is 0 Å². The van der Waals surface area contributed by atoms with Gasteiger partial charge in [0.25, 0.3) is 0 Å². The first-order valence-corrected chi connectivity index (χ1v) is 6.83. The Morgan fingerprint density at radius 1 is 1.21 bits per heavy atom. The summed E-state index contributed by atoms with van der Waals surface area (Å²) in [5.41, 5.74) is -1.23. The van der Waals surface area contributed by atoms with Gasteiger partial charge in [0.15, 0.2) is 0 Å². The fourth-order valence-electron chi connectivity index (χ4n) is 2.89. The molecular formula is C13H23N3O3. The summed E-state index contributed by atoms with van der Waals surface area (Å²) < 4.78 is 0. The van der Waals surface area contributed by atoms with E-state index in [9.17, 15) is 9.59 Å². The van der Waals surface area contributed by atoms with Crippen LogP contribution >= 0.6 is 0 Å². The highest BCUT2D eigenvalue weighted by Gasteiger charge is 2.37. The first-order chi connectivity index (χ1) is 8.81. The van der Waals surface area contributed by atoms with Crippen LogP contribution in [0.15, 0.2) is 0 Å². The van der Waals surface area contributed by atoms with E-state index in [1.807, 2.05) is 0 Å². The molecule has 108 valence electrons. The summed E-state index contributed by atoms with van der Waals surface area (Å²) in [6.07, 6.45) is 3.29. The molecule has 2 heterocycles. The third-order valence-corrected chi connectivity index (χ3v) is 4.39. The summed E-state index contributed by atoms with van der Waals surface area (Å²) in [6, 6.07) is 0.704. The molecule has 6 heteroatoms. The summed E-state index contributed by atoms with van der Waals surface area (Å²) in [5, 5.41) is 11.6. The van der Waals surface area contributed by atoms with E-state index in [2.05, 4.69) is 17.3 Å². The highest BCUT2D eigenvalue weighted by atomic mass is 16.4. The van der Waals surface area contributed by atoms with E-state index in [-0.39, 0.29) is 6.03 Å². The van der Waals surface area contributed by atoms with Crippen molar-refractivity contribution in [2.24, 2.45) is 0 Å². The van der Waals surface area contributed by atoms with Crippen LogP contribution in [0.25, 0.3) is 0 Å². The molecule has 2 bridgehead atoms. The van der Waals surface area contributed by atoms with Gasteiger partial charge in [0.1, 0.15) is 5.54 Å².